The lowest BCUT2D eigenvalue weighted by Crippen LogP contribution is -2.30. The highest BCUT2D eigenvalue weighted by Gasteiger charge is 2.20. The molecular formula is C11H15N5O2. The smallest absolute Gasteiger partial charge is 0.147 e. The van der Waals surface area contributed by atoms with Crippen molar-refractivity contribution in [1.29, 1.82) is 0 Å². The number of ether oxygens (including phenoxy) is 2. The number of hydrogen-bond acceptors (Lipinski definition) is 6. The Bertz CT molecular complexity index is 500. The minimum atomic E-state index is -0.349. The van der Waals surface area contributed by atoms with Crippen LogP contribution in [0, 0.1) is 0 Å². The summed E-state index contributed by atoms with van der Waals surface area (Å²) in [6, 6.07) is 5.12. The Balaban J connectivity index is 2.46. The number of nitrogens with one attached hydrogen (secondary N) is 2. The summed E-state index contributed by atoms with van der Waals surface area (Å²) in [5.41, 5.74) is 3.49. The van der Waals surface area contributed by atoms with E-state index in [0.717, 1.165) is 5.56 Å². The first-order valence-electron chi connectivity index (χ1n) is 5.33. The molecule has 0 amide bonds. The third-order valence-corrected chi connectivity index (χ3v) is 2.62. The second-order valence-corrected chi connectivity index (χ2v) is 3.58. The molecule has 1 unspecified atom stereocenters. The van der Waals surface area contributed by atoms with E-state index in [0.29, 0.717) is 17.3 Å². The molecule has 7 nitrogen and oxygen atoms in total. The van der Waals surface area contributed by atoms with Gasteiger partial charge in [-0.2, -0.15) is 5.10 Å². The summed E-state index contributed by atoms with van der Waals surface area (Å²) in [6.45, 7) is 0. The van der Waals surface area contributed by atoms with Gasteiger partial charge < -0.3 is 9.47 Å². The van der Waals surface area contributed by atoms with E-state index in [2.05, 4.69) is 20.6 Å². The molecule has 96 valence electrons. The molecule has 2 aromatic rings. The standard InChI is InChI=1S/C11H15N5O2/c1-17-7-3-4-9(18-2)8(5-7)10(15-12)11-13-6-14-16-11/h3-6,10,15H,12H2,1-2H3,(H,13,14,16). The van der Waals surface area contributed by atoms with Crippen molar-refractivity contribution < 1.29 is 9.47 Å². The van der Waals surface area contributed by atoms with Gasteiger partial charge in [0.15, 0.2) is 0 Å². The molecule has 7 heteroatoms. The molecule has 0 saturated carbocycles. The second-order valence-electron chi connectivity index (χ2n) is 3.58. The normalized spacial score (nSPS) is 12.2. The Morgan fingerprint density at radius 3 is 2.72 bits per heavy atom. The van der Waals surface area contributed by atoms with Crippen LogP contribution in [0.25, 0.3) is 0 Å². The fraction of sp³-hybridized carbons (Fsp3) is 0.273. The summed E-state index contributed by atoms with van der Waals surface area (Å²) in [6.07, 6.45) is 1.42. The van der Waals surface area contributed by atoms with E-state index in [4.69, 9.17) is 15.3 Å². The number of hydrogen-bond donors (Lipinski definition) is 3. The largest absolute Gasteiger partial charge is 0.497 e. The first-order valence-corrected chi connectivity index (χ1v) is 5.33. The van der Waals surface area contributed by atoms with Gasteiger partial charge in [-0.3, -0.25) is 10.9 Å². The van der Waals surface area contributed by atoms with Crippen molar-refractivity contribution in [2.24, 2.45) is 5.84 Å². The summed E-state index contributed by atoms with van der Waals surface area (Å²) < 4.78 is 10.5. The van der Waals surface area contributed by atoms with E-state index < -0.39 is 0 Å². The van der Waals surface area contributed by atoms with Crippen molar-refractivity contribution in [3.8, 4) is 11.5 Å². The van der Waals surface area contributed by atoms with Gasteiger partial charge in [-0.05, 0) is 18.2 Å². The van der Waals surface area contributed by atoms with Gasteiger partial charge in [-0.15, -0.1) is 0 Å². The Kier molecular flexibility index (Phi) is 3.75. The zero-order chi connectivity index (χ0) is 13.0. The van der Waals surface area contributed by atoms with Crippen molar-refractivity contribution in [3.05, 3.63) is 35.9 Å². The first kappa shape index (κ1) is 12.3. The lowest BCUT2D eigenvalue weighted by atomic mass is 10.1. The molecule has 1 atom stereocenters. The molecule has 0 spiro atoms. The van der Waals surface area contributed by atoms with Crippen molar-refractivity contribution in [3.63, 3.8) is 0 Å². The molecule has 1 heterocycles. The van der Waals surface area contributed by atoms with Gasteiger partial charge in [-0.25, -0.2) is 10.4 Å². The second kappa shape index (κ2) is 5.48. The molecular weight excluding hydrogens is 234 g/mol. The maximum absolute atomic E-state index is 5.58. The maximum atomic E-state index is 5.58. The number of benzene rings is 1. The predicted octanol–water partition coefficient (Wildman–Crippen LogP) is 0.375. The minimum Gasteiger partial charge on any atom is -0.497 e. The van der Waals surface area contributed by atoms with E-state index >= 15 is 0 Å². The molecule has 0 aliphatic carbocycles. The van der Waals surface area contributed by atoms with Crippen molar-refractivity contribution in [2.75, 3.05) is 14.2 Å². The van der Waals surface area contributed by atoms with Crippen molar-refractivity contribution in [1.82, 2.24) is 20.6 Å². The Labute approximate surface area is 104 Å². The molecule has 2 rings (SSSR count). The van der Waals surface area contributed by atoms with Gasteiger partial charge in [0.05, 0.1) is 14.2 Å². The van der Waals surface area contributed by atoms with Gasteiger partial charge in [0.2, 0.25) is 0 Å². The minimum absolute atomic E-state index is 0.349. The van der Waals surface area contributed by atoms with Gasteiger partial charge in [-0.1, -0.05) is 0 Å². The average molecular weight is 249 g/mol. The van der Waals surface area contributed by atoms with Crippen LogP contribution in [-0.4, -0.2) is 29.4 Å². The van der Waals surface area contributed by atoms with Crippen LogP contribution in [0.3, 0.4) is 0 Å². The number of nitrogens with two attached hydrogens (primary N) is 1. The Morgan fingerprint density at radius 2 is 2.17 bits per heavy atom. The van der Waals surface area contributed by atoms with E-state index in [1.165, 1.54) is 6.33 Å². The fourth-order valence-electron chi connectivity index (χ4n) is 1.74. The lowest BCUT2D eigenvalue weighted by molar-refractivity contribution is 0.393. The highest BCUT2D eigenvalue weighted by molar-refractivity contribution is 5.44. The Hall–Kier alpha value is -2.12. The molecule has 18 heavy (non-hydrogen) atoms. The van der Waals surface area contributed by atoms with Crippen LogP contribution in [-0.2, 0) is 0 Å². The third-order valence-electron chi connectivity index (χ3n) is 2.62. The summed E-state index contributed by atoms with van der Waals surface area (Å²) in [7, 11) is 3.20. The van der Waals surface area contributed by atoms with Crippen molar-refractivity contribution >= 4 is 0 Å². The molecule has 1 aromatic carbocycles. The van der Waals surface area contributed by atoms with Gasteiger partial charge in [0, 0.05) is 5.56 Å². The number of methoxy groups -OCH3 is 2. The summed E-state index contributed by atoms with van der Waals surface area (Å²) >= 11 is 0. The fourth-order valence-corrected chi connectivity index (χ4v) is 1.74. The van der Waals surface area contributed by atoms with E-state index in [9.17, 15) is 0 Å². The molecule has 0 radical (unpaired) electrons. The zero-order valence-electron chi connectivity index (χ0n) is 10.2. The highest BCUT2D eigenvalue weighted by Crippen LogP contribution is 2.31. The van der Waals surface area contributed by atoms with Gasteiger partial charge in [0.1, 0.15) is 29.7 Å². The quantitative estimate of drug-likeness (QED) is 0.523. The van der Waals surface area contributed by atoms with Crippen LogP contribution in [0.2, 0.25) is 0 Å². The third kappa shape index (κ3) is 2.27. The predicted molar refractivity (Wildman–Crippen MR) is 65.1 cm³/mol. The molecule has 0 fully saturated rings. The summed E-state index contributed by atoms with van der Waals surface area (Å²) in [5, 5.41) is 6.59. The first-order chi connectivity index (χ1) is 8.80. The monoisotopic (exact) mass is 249 g/mol. The van der Waals surface area contributed by atoms with E-state index in [-0.39, 0.29) is 6.04 Å². The Morgan fingerprint density at radius 1 is 1.33 bits per heavy atom. The van der Waals surface area contributed by atoms with E-state index in [1.807, 2.05) is 18.2 Å². The molecule has 4 N–H and O–H groups in total. The number of H-pyrrole nitrogens is 1. The summed E-state index contributed by atoms with van der Waals surface area (Å²) in [4.78, 5) is 4.09. The van der Waals surface area contributed by atoms with Crippen LogP contribution in [0.4, 0.5) is 0 Å². The number of hydrazine groups is 1. The van der Waals surface area contributed by atoms with Crippen molar-refractivity contribution in [2.45, 2.75) is 6.04 Å². The molecule has 1 aromatic heterocycles. The summed E-state index contributed by atoms with van der Waals surface area (Å²) in [5.74, 6) is 7.58. The SMILES string of the molecule is COc1ccc(OC)c(C(NN)c2ncn[nH]2)c1. The number of aromatic amines is 1. The van der Waals surface area contributed by atoms with Gasteiger partial charge in [0.25, 0.3) is 0 Å². The number of nitrogens with zero attached hydrogens (tertiary/aromatic N) is 2. The molecule has 0 bridgehead atoms. The zero-order valence-corrected chi connectivity index (χ0v) is 10.2. The molecule has 0 saturated heterocycles. The number of rotatable bonds is 5. The van der Waals surface area contributed by atoms with Crippen LogP contribution in [0.5, 0.6) is 11.5 Å². The topological polar surface area (TPSA) is 98.1 Å². The average Bonchev–Trinajstić information content (AvgIpc) is 2.93. The van der Waals surface area contributed by atoms with Crippen LogP contribution >= 0.6 is 0 Å². The highest BCUT2D eigenvalue weighted by atomic mass is 16.5. The molecule has 0 aliphatic heterocycles. The lowest BCUT2D eigenvalue weighted by Gasteiger charge is -2.17. The number of aromatic nitrogens is 3. The van der Waals surface area contributed by atoms with Crippen LogP contribution in [0.15, 0.2) is 24.5 Å². The van der Waals surface area contributed by atoms with Crippen LogP contribution in [0.1, 0.15) is 17.4 Å². The van der Waals surface area contributed by atoms with Gasteiger partial charge >= 0.3 is 0 Å². The van der Waals surface area contributed by atoms with E-state index in [1.54, 1.807) is 14.2 Å². The maximum Gasteiger partial charge on any atom is 0.147 e. The molecule has 0 aliphatic rings. The van der Waals surface area contributed by atoms with Crippen LogP contribution < -0.4 is 20.7 Å².